The molecule has 0 aliphatic carbocycles. The Morgan fingerprint density at radius 1 is 1.13 bits per heavy atom. The summed E-state index contributed by atoms with van der Waals surface area (Å²) in [6.07, 6.45) is 3.82. The Bertz CT molecular complexity index is 1050. The highest BCUT2D eigenvalue weighted by Crippen LogP contribution is 2.35. The number of anilines is 1. The van der Waals surface area contributed by atoms with E-state index in [4.69, 9.17) is 13.6 Å². The van der Waals surface area contributed by atoms with E-state index in [0.717, 1.165) is 0 Å². The van der Waals surface area contributed by atoms with Crippen LogP contribution in [0.3, 0.4) is 0 Å². The fraction of sp³-hybridized carbons (Fsp3) is 0.182. The molecule has 0 aliphatic rings. The van der Waals surface area contributed by atoms with Crippen LogP contribution in [0.4, 0.5) is 5.69 Å². The van der Waals surface area contributed by atoms with E-state index in [2.05, 4.69) is 15.3 Å². The number of nitrogens with zero attached hydrogens (tertiary/aromatic N) is 1. The van der Waals surface area contributed by atoms with Crippen molar-refractivity contribution < 1.29 is 18.4 Å². The SMILES string of the molecule is CCC(Sc1nc(-c2ccco2)c(-c2ccco2)[nH]1)C(=O)Nc1ccccc1OC. The summed E-state index contributed by atoms with van der Waals surface area (Å²) in [6.45, 7) is 1.96. The van der Waals surface area contributed by atoms with Crippen LogP contribution in [0, 0.1) is 0 Å². The van der Waals surface area contributed by atoms with Crippen LogP contribution < -0.4 is 10.1 Å². The number of amides is 1. The number of benzene rings is 1. The molecule has 1 amide bonds. The fourth-order valence-corrected chi connectivity index (χ4v) is 3.92. The van der Waals surface area contributed by atoms with Crippen molar-refractivity contribution in [3.05, 3.63) is 61.1 Å². The summed E-state index contributed by atoms with van der Waals surface area (Å²) in [5, 5.41) is 3.20. The first-order valence-corrected chi connectivity index (χ1v) is 10.4. The zero-order valence-corrected chi connectivity index (χ0v) is 17.4. The molecular weight excluding hydrogens is 402 g/mol. The molecular formula is C22H21N3O4S. The van der Waals surface area contributed by atoms with Crippen molar-refractivity contribution >= 4 is 23.4 Å². The highest BCUT2D eigenvalue weighted by atomic mass is 32.2. The van der Waals surface area contributed by atoms with Gasteiger partial charge in [0.1, 0.15) is 17.1 Å². The molecule has 0 saturated carbocycles. The first-order valence-electron chi connectivity index (χ1n) is 9.48. The van der Waals surface area contributed by atoms with Gasteiger partial charge in [0.05, 0.1) is 30.6 Å². The van der Waals surface area contributed by atoms with Crippen LogP contribution in [0.15, 0.2) is 75.0 Å². The number of aromatic amines is 1. The number of carbonyl (C=O) groups excluding carboxylic acids is 1. The molecule has 8 heteroatoms. The standard InChI is InChI=1S/C22H21N3O4S/c1-3-18(21(26)23-14-8-4-5-9-15(14)27-2)30-22-24-19(16-10-6-12-28-16)20(25-22)17-11-7-13-29-17/h4-13,18H,3H2,1-2H3,(H,23,26)(H,24,25). The molecule has 4 rings (SSSR count). The van der Waals surface area contributed by atoms with Crippen LogP contribution in [0.25, 0.3) is 22.9 Å². The lowest BCUT2D eigenvalue weighted by molar-refractivity contribution is -0.115. The fourth-order valence-electron chi connectivity index (χ4n) is 3.02. The number of imidazole rings is 1. The number of rotatable bonds is 8. The van der Waals surface area contributed by atoms with Crippen LogP contribution >= 0.6 is 11.8 Å². The molecule has 2 N–H and O–H groups in total. The van der Waals surface area contributed by atoms with Gasteiger partial charge in [0.2, 0.25) is 5.91 Å². The number of furan rings is 2. The number of H-pyrrole nitrogens is 1. The van der Waals surface area contributed by atoms with Gasteiger partial charge in [0.25, 0.3) is 0 Å². The largest absolute Gasteiger partial charge is 0.495 e. The van der Waals surface area contributed by atoms with Crippen molar-refractivity contribution in [3.63, 3.8) is 0 Å². The second kappa shape index (κ2) is 8.96. The first-order chi connectivity index (χ1) is 14.7. The molecule has 0 aliphatic heterocycles. The van der Waals surface area contributed by atoms with Crippen molar-refractivity contribution in [2.24, 2.45) is 0 Å². The minimum atomic E-state index is -0.352. The average molecular weight is 423 g/mol. The lowest BCUT2D eigenvalue weighted by Gasteiger charge is -2.15. The van der Waals surface area contributed by atoms with Crippen LogP contribution in [0.5, 0.6) is 5.75 Å². The molecule has 1 unspecified atom stereocenters. The molecule has 7 nitrogen and oxygen atoms in total. The second-order valence-corrected chi connectivity index (χ2v) is 7.62. The first kappa shape index (κ1) is 19.9. The van der Waals surface area contributed by atoms with Gasteiger partial charge in [-0.05, 0) is 42.8 Å². The lowest BCUT2D eigenvalue weighted by Crippen LogP contribution is -2.25. The van der Waals surface area contributed by atoms with Crippen LogP contribution in [0.1, 0.15) is 13.3 Å². The minimum absolute atomic E-state index is 0.123. The maximum Gasteiger partial charge on any atom is 0.238 e. The topological polar surface area (TPSA) is 93.3 Å². The second-order valence-electron chi connectivity index (χ2n) is 6.42. The predicted molar refractivity (Wildman–Crippen MR) is 116 cm³/mol. The summed E-state index contributed by atoms with van der Waals surface area (Å²) < 4.78 is 16.4. The maximum atomic E-state index is 12.9. The predicted octanol–water partition coefficient (Wildman–Crippen LogP) is 5.45. The van der Waals surface area contributed by atoms with E-state index in [0.29, 0.717) is 45.9 Å². The molecule has 1 atom stereocenters. The van der Waals surface area contributed by atoms with E-state index >= 15 is 0 Å². The van der Waals surface area contributed by atoms with Gasteiger partial charge in [-0.3, -0.25) is 4.79 Å². The quantitative estimate of drug-likeness (QED) is 0.366. The monoisotopic (exact) mass is 423 g/mol. The van der Waals surface area contributed by atoms with Crippen molar-refractivity contribution in [2.45, 2.75) is 23.8 Å². The van der Waals surface area contributed by atoms with Gasteiger partial charge in [-0.25, -0.2) is 4.98 Å². The van der Waals surface area contributed by atoms with E-state index in [9.17, 15) is 4.79 Å². The molecule has 3 aromatic heterocycles. The van der Waals surface area contributed by atoms with Gasteiger partial charge in [0.15, 0.2) is 16.7 Å². The van der Waals surface area contributed by atoms with Crippen molar-refractivity contribution in [3.8, 4) is 28.7 Å². The Hall–Kier alpha value is -3.39. The van der Waals surface area contributed by atoms with E-state index in [-0.39, 0.29) is 11.2 Å². The van der Waals surface area contributed by atoms with Crippen LogP contribution in [0.2, 0.25) is 0 Å². The normalized spacial score (nSPS) is 11.9. The molecule has 0 spiro atoms. The number of thioether (sulfide) groups is 1. The summed E-state index contributed by atoms with van der Waals surface area (Å²) in [6, 6.07) is 14.6. The molecule has 0 radical (unpaired) electrons. The average Bonchev–Trinajstić information content (AvgIpc) is 3.53. The van der Waals surface area contributed by atoms with E-state index in [1.807, 2.05) is 49.4 Å². The Morgan fingerprint density at radius 2 is 1.87 bits per heavy atom. The van der Waals surface area contributed by atoms with E-state index in [1.54, 1.807) is 25.7 Å². The number of nitrogens with one attached hydrogen (secondary N) is 2. The number of hydrogen-bond donors (Lipinski definition) is 2. The lowest BCUT2D eigenvalue weighted by atomic mass is 10.2. The van der Waals surface area contributed by atoms with Crippen LogP contribution in [-0.2, 0) is 4.79 Å². The summed E-state index contributed by atoms with van der Waals surface area (Å²) in [4.78, 5) is 20.8. The van der Waals surface area contributed by atoms with Gasteiger partial charge < -0.3 is 23.9 Å². The van der Waals surface area contributed by atoms with E-state index in [1.165, 1.54) is 11.8 Å². The van der Waals surface area contributed by atoms with Crippen molar-refractivity contribution in [1.29, 1.82) is 0 Å². The molecule has 3 heterocycles. The Morgan fingerprint density at radius 3 is 2.53 bits per heavy atom. The highest BCUT2D eigenvalue weighted by molar-refractivity contribution is 8.00. The maximum absolute atomic E-state index is 12.9. The van der Waals surface area contributed by atoms with Gasteiger partial charge in [-0.1, -0.05) is 30.8 Å². The third kappa shape index (κ3) is 4.13. The number of methoxy groups -OCH3 is 1. The number of ether oxygens (including phenoxy) is 1. The smallest absolute Gasteiger partial charge is 0.238 e. The molecule has 0 fully saturated rings. The van der Waals surface area contributed by atoms with Gasteiger partial charge in [0, 0.05) is 0 Å². The molecule has 154 valence electrons. The summed E-state index contributed by atoms with van der Waals surface area (Å²) in [5.74, 6) is 1.76. The Balaban J connectivity index is 1.58. The number of hydrogen-bond acceptors (Lipinski definition) is 6. The van der Waals surface area contributed by atoms with Crippen molar-refractivity contribution in [2.75, 3.05) is 12.4 Å². The molecule has 0 bridgehead atoms. The van der Waals surface area contributed by atoms with Gasteiger partial charge in [-0.15, -0.1) is 0 Å². The molecule has 1 aromatic carbocycles. The highest BCUT2D eigenvalue weighted by Gasteiger charge is 2.24. The molecule has 30 heavy (non-hydrogen) atoms. The zero-order valence-electron chi connectivity index (χ0n) is 16.5. The number of carbonyl (C=O) groups is 1. The summed E-state index contributed by atoms with van der Waals surface area (Å²) in [7, 11) is 1.58. The van der Waals surface area contributed by atoms with Crippen molar-refractivity contribution in [1.82, 2.24) is 9.97 Å². The van der Waals surface area contributed by atoms with E-state index < -0.39 is 0 Å². The third-order valence-electron chi connectivity index (χ3n) is 4.49. The summed E-state index contributed by atoms with van der Waals surface area (Å²) in [5.41, 5.74) is 1.98. The molecule has 0 saturated heterocycles. The Kier molecular flexibility index (Phi) is 5.94. The summed E-state index contributed by atoms with van der Waals surface area (Å²) >= 11 is 1.36. The molecule has 4 aromatic rings. The number of para-hydroxylation sites is 2. The van der Waals surface area contributed by atoms with Gasteiger partial charge >= 0.3 is 0 Å². The third-order valence-corrected chi connectivity index (χ3v) is 5.73. The zero-order chi connectivity index (χ0) is 20.9. The minimum Gasteiger partial charge on any atom is -0.495 e. The van der Waals surface area contributed by atoms with Gasteiger partial charge in [-0.2, -0.15) is 0 Å². The Labute approximate surface area is 177 Å². The van der Waals surface area contributed by atoms with Crippen LogP contribution in [-0.4, -0.2) is 28.2 Å². The number of aromatic nitrogens is 2.